The highest BCUT2D eigenvalue weighted by Gasteiger charge is 2.16. The number of carbonyl (C=O) groups excluding carboxylic acids is 1. The maximum Gasteiger partial charge on any atom is 0.341 e. The van der Waals surface area contributed by atoms with Crippen molar-refractivity contribution in [2.75, 3.05) is 0 Å². The van der Waals surface area contributed by atoms with Gasteiger partial charge in [-0.1, -0.05) is 43.7 Å². The second-order valence-electron chi connectivity index (χ2n) is 4.25. The predicted octanol–water partition coefficient (Wildman–Crippen LogP) is 1.37. The molecule has 2 rings (SSSR count). The molecule has 0 aliphatic rings. The molecule has 100 valence electrons. The van der Waals surface area contributed by atoms with Gasteiger partial charge in [0.1, 0.15) is 0 Å². The number of hydrogen-bond acceptors (Lipinski definition) is 3. The number of aromatic nitrogens is 3. The second-order valence-corrected chi connectivity index (χ2v) is 4.25. The molecule has 1 aromatic heterocycles. The summed E-state index contributed by atoms with van der Waals surface area (Å²) in [5.74, 6) is -0.386. The summed E-state index contributed by atoms with van der Waals surface area (Å²) in [5.41, 5.74) is 0.549. The number of aromatic amines is 2. The van der Waals surface area contributed by atoms with Crippen LogP contribution in [0.3, 0.4) is 0 Å². The Balaban J connectivity index is 2.13. The van der Waals surface area contributed by atoms with Crippen molar-refractivity contribution < 1.29 is 4.79 Å². The van der Waals surface area contributed by atoms with E-state index in [9.17, 15) is 9.59 Å². The fourth-order valence-corrected chi connectivity index (χ4v) is 1.90. The van der Waals surface area contributed by atoms with Crippen molar-refractivity contribution in [1.29, 1.82) is 0 Å². The molecule has 0 spiro atoms. The molecule has 0 aliphatic heterocycles. The van der Waals surface area contributed by atoms with Gasteiger partial charge >= 0.3 is 5.69 Å². The zero-order chi connectivity index (χ0) is 13.7. The molecular weight excluding hydrogens is 244 g/mol. The summed E-state index contributed by atoms with van der Waals surface area (Å²) in [6, 6.07) is 9.64. The fourth-order valence-electron chi connectivity index (χ4n) is 1.90. The van der Waals surface area contributed by atoms with Gasteiger partial charge in [0.15, 0.2) is 0 Å². The molecule has 1 heterocycles. The van der Waals surface area contributed by atoms with Crippen LogP contribution < -0.4 is 11.0 Å². The maximum atomic E-state index is 12.0. The zero-order valence-electron chi connectivity index (χ0n) is 10.6. The largest absolute Gasteiger partial charge is 0.343 e. The first-order valence-corrected chi connectivity index (χ1v) is 6.21. The average Bonchev–Trinajstić information content (AvgIpc) is 2.86. The maximum absolute atomic E-state index is 12.0. The first-order chi connectivity index (χ1) is 9.20. The third kappa shape index (κ3) is 3.31. The Morgan fingerprint density at radius 1 is 1.37 bits per heavy atom. The van der Waals surface area contributed by atoms with Crippen LogP contribution in [0.1, 0.15) is 42.0 Å². The third-order valence-corrected chi connectivity index (χ3v) is 2.80. The Labute approximate surface area is 110 Å². The van der Waals surface area contributed by atoms with Gasteiger partial charge in [-0.05, 0) is 12.0 Å². The monoisotopic (exact) mass is 260 g/mol. The van der Waals surface area contributed by atoms with E-state index in [0.29, 0.717) is 0 Å². The summed E-state index contributed by atoms with van der Waals surface area (Å²) in [7, 11) is 0. The van der Waals surface area contributed by atoms with Crippen molar-refractivity contribution in [2.45, 2.75) is 25.8 Å². The molecule has 1 atom stereocenters. The number of hydrogen-bond donors (Lipinski definition) is 3. The van der Waals surface area contributed by atoms with Gasteiger partial charge in [-0.3, -0.25) is 9.78 Å². The van der Waals surface area contributed by atoms with Gasteiger partial charge in [-0.15, -0.1) is 5.10 Å². The van der Waals surface area contributed by atoms with E-state index in [2.05, 4.69) is 27.4 Å². The Bertz CT molecular complexity index is 588. The minimum absolute atomic E-state index is 0.00188. The molecule has 0 bridgehead atoms. The van der Waals surface area contributed by atoms with Crippen molar-refractivity contribution in [1.82, 2.24) is 20.5 Å². The summed E-state index contributed by atoms with van der Waals surface area (Å²) >= 11 is 0. The summed E-state index contributed by atoms with van der Waals surface area (Å²) < 4.78 is 0. The van der Waals surface area contributed by atoms with Crippen LogP contribution in [0.15, 0.2) is 35.1 Å². The van der Waals surface area contributed by atoms with Gasteiger partial charge in [0.25, 0.3) is 5.91 Å². The van der Waals surface area contributed by atoms with Crippen LogP contribution in [0, 0.1) is 0 Å². The molecule has 0 aliphatic carbocycles. The molecule has 1 aromatic carbocycles. The average molecular weight is 260 g/mol. The molecule has 3 N–H and O–H groups in total. The van der Waals surface area contributed by atoms with E-state index >= 15 is 0 Å². The molecule has 0 saturated carbocycles. The summed E-state index contributed by atoms with van der Waals surface area (Å²) in [5, 5.41) is 8.66. The molecule has 0 unspecified atom stereocenters. The Kier molecular flexibility index (Phi) is 4.12. The van der Waals surface area contributed by atoms with Crippen LogP contribution in [0.4, 0.5) is 0 Å². The van der Waals surface area contributed by atoms with Gasteiger partial charge in [0.05, 0.1) is 6.04 Å². The number of H-pyrrole nitrogens is 2. The first-order valence-electron chi connectivity index (χ1n) is 6.21. The lowest BCUT2D eigenvalue weighted by atomic mass is 10.0. The van der Waals surface area contributed by atoms with Crippen LogP contribution in [0.25, 0.3) is 0 Å². The van der Waals surface area contributed by atoms with Gasteiger partial charge in [-0.25, -0.2) is 9.89 Å². The normalized spacial score (nSPS) is 12.1. The fraction of sp³-hybridized carbons (Fsp3) is 0.308. The molecule has 0 fully saturated rings. The quantitative estimate of drug-likeness (QED) is 0.758. The van der Waals surface area contributed by atoms with Crippen LogP contribution in [0.5, 0.6) is 0 Å². The lowest BCUT2D eigenvalue weighted by Gasteiger charge is -2.17. The first kappa shape index (κ1) is 13.1. The molecule has 6 nitrogen and oxygen atoms in total. The van der Waals surface area contributed by atoms with Crippen molar-refractivity contribution in [3.63, 3.8) is 0 Å². The predicted molar refractivity (Wildman–Crippen MR) is 70.8 cm³/mol. The molecule has 0 radical (unpaired) electrons. The summed E-state index contributed by atoms with van der Waals surface area (Å²) in [6.45, 7) is 2.05. The van der Waals surface area contributed by atoms with Crippen LogP contribution in [-0.2, 0) is 0 Å². The topological polar surface area (TPSA) is 90.6 Å². The SMILES string of the molecule is CCC[C@@H](NC(=O)c1n[nH]c(=O)[nH]1)c1ccccc1. The van der Waals surface area contributed by atoms with Gasteiger partial charge in [0.2, 0.25) is 5.82 Å². The second kappa shape index (κ2) is 5.99. The number of amides is 1. The van der Waals surface area contributed by atoms with E-state index in [4.69, 9.17) is 0 Å². The van der Waals surface area contributed by atoms with Gasteiger partial charge in [0, 0.05) is 0 Å². The number of carbonyl (C=O) groups is 1. The Morgan fingerprint density at radius 2 is 2.11 bits per heavy atom. The summed E-state index contributed by atoms with van der Waals surface area (Å²) in [4.78, 5) is 25.2. The molecule has 19 heavy (non-hydrogen) atoms. The third-order valence-electron chi connectivity index (χ3n) is 2.80. The number of nitrogens with one attached hydrogen (secondary N) is 3. The Morgan fingerprint density at radius 3 is 2.68 bits per heavy atom. The minimum atomic E-state index is -0.489. The number of benzene rings is 1. The van der Waals surface area contributed by atoms with E-state index in [1.165, 1.54) is 0 Å². The van der Waals surface area contributed by atoms with Gasteiger partial charge in [-0.2, -0.15) is 0 Å². The standard InChI is InChI=1S/C13H16N4O2/c1-2-6-10(9-7-4-3-5-8-9)14-12(18)11-15-13(19)17-16-11/h3-5,7-8,10H,2,6H2,1H3,(H,14,18)(H2,15,16,17,19)/t10-/m1/s1. The van der Waals surface area contributed by atoms with E-state index in [-0.39, 0.29) is 17.8 Å². The molecule has 1 amide bonds. The van der Waals surface area contributed by atoms with Crippen molar-refractivity contribution >= 4 is 5.91 Å². The van der Waals surface area contributed by atoms with E-state index in [1.54, 1.807) is 0 Å². The van der Waals surface area contributed by atoms with E-state index in [1.807, 2.05) is 30.3 Å². The van der Waals surface area contributed by atoms with Crippen LogP contribution in [0.2, 0.25) is 0 Å². The van der Waals surface area contributed by atoms with Gasteiger partial charge < -0.3 is 5.32 Å². The van der Waals surface area contributed by atoms with E-state index < -0.39 is 5.69 Å². The lowest BCUT2D eigenvalue weighted by molar-refractivity contribution is 0.0924. The van der Waals surface area contributed by atoms with E-state index in [0.717, 1.165) is 18.4 Å². The van der Waals surface area contributed by atoms with Crippen LogP contribution >= 0.6 is 0 Å². The minimum Gasteiger partial charge on any atom is -0.343 e. The highest BCUT2D eigenvalue weighted by molar-refractivity contribution is 5.90. The number of nitrogens with zero attached hydrogens (tertiary/aromatic N) is 1. The van der Waals surface area contributed by atoms with Crippen molar-refractivity contribution in [3.05, 3.63) is 52.2 Å². The molecule has 6 heteroatoms. The van der Waals surface area contributed by atoms with Crippen molar-refractivity contribution in [3.8, 4) is 0 Å². The lowest BCUT2D eigenvalue weighted by Crippen LogP contribution is -2.29. The molecule has 0 saturated heterocycles. The molecular formula is C13H16N4O2. The number of rotatable bonds is 5. The Hall–Kier alpha value is -2.37. The highest BCUT2D eigenvalue weighted by atomic mass is 16.2. The van der Waals surface area contributed by atoms with Crippen molar-refractivity contribution in [2.24, 2.45) is 0 Å². The highest BCUT2D eigenvalue weighted by Crippen LogP contribution is 2.18. The van der Waals surface area contributed by atoms with Crippen LogP contribution in [-0.4, -0.2) is 21.1 Å². The molecule has 2 aromatic rings. The smallest absolute Gasteiger partial charge is 0.341 e. The summed E-state index contributed by atoms with van der Waals surface area (Å²) in [6.07, 6.45) is 1.77. The zero-order valence-corrected chi connectivity index (χ0v) is 10.6.